The Morgan fingerprint density at radius 2 is 1.87 bits per heavy atom. The number of hydrogen-bond acceptors (Lipinski definition) is 1. The van der Waals surface area contributed by atoms with Crippen molar-refractivity contribution < 1.29 is 4.79 Å². The maximum atomic E-state index is 11.4. The van der Waals surface area contributed by atoms with Crippen LogP contribution in [0, 0.1) is 6.92 Å². The van der Waals surface area contributed by atoms with Crippen LogP contribution in [0.15, 0.2) is 21.1 Å². The molecule has 0 aliphatic rings. The highest BCUT2D eigenvalue weighted by Crippen LogP contribution is 2.32. The number of carbonyl (C=O) groups excluding carboxylic acids is 1. The minimum atomic E-state index is -0.00266. The number of nitrogens with one attached hydrogen (secondary N) is 1. The van der Waals surface area contributed by atoms with E-state index in [9.17, 15) is 4.79 Å². The minimum Gasteiger partial charge on any atom is -0.324 e. The lowest BCUT2D eigenvalue weighted by atomic mass is 10.2. The van der Waals surface area contributed by atoms with E-state index < -0.39 is 0 Å². The molecule has 0 aliphatic heterocycles. The Labute approximate surface area is 114 Å². The van der Waals surface area contributed by atoms with Gasteiger partial charge in [-0.2, -0.15) is 0 Å². The van der Waals surface area contributed by atoms with Crippen molar-refractivity contribution in [1.82, 2.24) is 0 Å². The summed E-state index contributed by atoms with van der Waals surface area (Å²) >= 11 is 10.1. The first-order valence-corrected chi connectivity index (χ1v) is 7.07. The number of benzene rings is 1. The summed E-state index contributed by atoms with van der Waals surface area (Å²) in [5, 5.41) is 3.51. The van der Waals surface area contributed by atoms with Crippen molar-refractivity contribution in [2.24, 2.45) is 0 Å². The molecule has 0 fully saturated rings. The van der Waals surface area contributed by atoms with Gasteiger partial charge in [0.05, 0.1) is 5.69 Å². The topological polar surface area (TPSA) is 29.1 Å². The fourth-order valence-electron chi connectivity index (χ4n) is 1.11. The zero-order chi connectivity index (χ0) is 11.4. The van der Waals surface area contributed by atoms with E-state index in [0.29, 0.717) is 11.8 Å². The van der Waals surface area contributed by atoms with Gasteiger partial charge in [-0.3, -0.25) is 4.79 Å². The average Bonchev–Trinajstić information content (AvgIpc) is 2.11. The molecule has 0 bridgehead atoms. The maximum absolute atomic E-state index is 11.4. The van der Waals surface area contributed by atoms with Gasteiger partial charge >= 0.3 is 0 Å². The van der Waals surface area contributed by atoms with Gasteiger partial charge in [0.25, 0.3) is 0 Å². The van der Waals surface area contributed by atoms with Crippen LogP contribution >= 0.6 is 47.8 Å². The van der Waals surface area contributed by atoms with Gasteiger partial charge in [0.15, 0.2) is 0 Å². The molecule has 0 radical (unpaired) electrons. The van der Waals surface area contributed by atoms with Gasteiger partial charge in [0, 0.05) is 20.7 Å². The highest BCUT2D eigenvalue weighted by atomic mass is 79.9. The second-order valence-electron chi connectivity index (χ2n) is 3.09. The van der Waals surface area contributed by atoms with E-state index in [2.05, 4.69) is 53.1 Å². The average molecular weight is 400 g/mol. The first-order valence-electron chi connectivity index (χ1n) is 4.36. The van der Waals surface area contributed by atoms with E-state index in [-0.39, 0.29) is 5.91 Å². The van der Waals surface area contributed by atoms with Gasteiger partial charge in [0.1, 0.15) is 0 Å². The Morgan fingerprint density at radius 1 is 1.33 bits per heavy atom. The Balaban J connectivity index is 2.90. The summed E-state index contributed by atoms with van der Waals surface area (Å²) in [4.78, 5) is 11.4. The number of carbonyl (C=O) groups is 1. The quantitative estimate of drug-likeness (QED) is 0.756. The van der Waals surface area contributed by atoms with Crippen molar-refractivity contribution in [1.29, 1.82) is 0 Å². The molecule has 2 nitrogen and oxygen atoms in total. The van der Waals surface area contributed by atoms with Crippen molar-refractivity contribution >= 4 is 59.4 Å². The monoisotopic (exact) mass is 397 g/mol. The number of amides is 1. The van der Waals surface area contributed by atoms with E-state index in [1.807, 2.05) is 19.1 Å². The summed E-state index contributed by atoms with van der Waals surface area (Å²) in [7, 11) is 0. The summed E-state index contributed by atoms with van der Waals surface area (Å²) in [6.07, 6.45) is 0.465. The van der Waals surface area contributed by atoms with Gasteiger partial charge in [-0.25, -0.2) is 0 Å². The van der Waals surface area contributed by atoms with Crippen molar-refractivity contribution in [3.63, 3.8) is 0 Å². The largest absolute Gasteiger partial charge is 0.324 e. The molecule has 0 unspecified atom stereocenters. The maximum Gasteiger partial charge on any atom is 0.225 e. The first kappa shape index (κ1) is 13.2. The van der Waals surface area contributed by atoms with Crippen LogP contribution in [-0.4, -0.2) is 11.2 Å². The lowest BCUT2D eigenvalue weighted by Crippen LogP contribution is -2.12. The first-order chi connectivity index (χ1) is 7.04. The van der Waals surface area contributed by atoms with Crippen molar-refractivity contribution in [2.45, 2.75) is 13.3 Å². The van der Waals surface area contributed by atoms with Crippen LogP contribution in [0.3, 0.4) is 0 Å². The van der Waals surface area contributed by atoms with E-state index >= 15 is 0 Å². The molecule has 1 aromatic carbocycles. The Kier molecular flexibility index (Phi) is 5.29. The number of anilines is 1. The molecule has 0 atom stereocenters. The molecule has 0 aromatic heterocycles. The Morgan fingerprint density at radius 3 is 2.33 bits per heavy atom. The summed E-state index contributed by atoms with van der Waals surface area (Å²) in [5.74, 6) is -0.00266. The third kappa shape index (κ3) is 3.89. The third-order valence-electron chi connectivity index (χ3n) is 1.77. The highest BCUT2D eigenvalue weighted by molar-refractivity contribution is 9.11. The van der Waals surface area contributed by atoms with Gasteiger partial charge in [-0.15, -0.1) is 0 Å². The molecule has 0 aliphatic carbocycles. The molecule has 1 amide bonds. The summed E-state index contributed by atoms with van der Waals surface area (Å²) in [6, 6.07) is 3.93. The van der Waals surface area contributed by atoms with Crippen LogP contribution in [0.2, 0.25) is 0 Å². The summed E-state index contributed by atoms with van der Waals surface area (Å²) < 4.78 is 1.77. The molecule has 1 rings (SSSR count). The highest BCUT2D eigenvalue weighted by Gasteiger charge is 2.09. The molecule has 5 heteroatoms. The molecule has 0 heterocycles. The molecule has 1 N–H and O–H groups in total. The lowest BCUT2D eigenvalue weighted by Gasteiger charge is -2.10. The molecule has 0 saturated carbocycles. The van der Waals surface area contributed by atoms with E-state index in [0.717, 1.165) is 20.2 Å². The standard InChI is InChI=1S/C10H10Br3NO/c1-6-4-7(12)10(8(13)5-6)14-9(15)2-3-11/h4-5H,2-3H2,1H3,(H,14,15). The van der Waals surface area contributed by atoms with Gasteiger partial charge < -0.3 is 5.32 Å². The van der Waals surface area contributed by atoms with Crippen LogP contribution in [0.25, 0.3) is 0 Å². The summed E-state index contributed by atoms with van der Waals surface area (Å²) in [6.45, 7) is 2.00. The number of alkyl halides is 1. The smallest absolute Gasteiger partial charge is 0.225 e. The van der Waals surface area contributed by atoms with Gasteiger partial charge in [-0.05, 0) is 56.5 Å². The van der Waals surface area contributed by atoms with Gasteiger partial charge in [0.2, 0.25) is 5.91 Å². The van der Waals surface area contributed by atoms with Crippen LogP contribution < -0.4 is 5.32 Å². The SMILES string of the molecule is Cc1cc(Br)c(NC(=O)CCBr)c(Br)c1. The zero-order valence-corrected chi connectivity index (χ0v) is 12.9. The van der Waals surface area contributed by atoms with Crippen molar-refractivity contribution in [3.05, 3.63) is 26.6 Å². The van der Waals surface area contributed by atoms with Crippen molar-refractivity contribution in [3.8, 4) is 0 Å². The van der Waals surface area contributed by atoms with Gasteiger partial charge in [-0.1, -0.05) is 15.9 Å². The predicted molar refractivity (Wildman–Crippen MR) is 73.6 cm³/mol. The van der Waals surface area contributed by atoms with Crippen LogP contribution in [-0.2, 0) is 4.79 Å². The molecule has 15 heavy (non-hydrogen) atoms. The molecule has 1 aromatic rings. The lowest BCUT2D eigenvalue weighted by molar-refractivity contribution is -0.115. The van der Waals surface area contributed by atoms with Crippen LogP contribution in [0.5, 0.6) is 0 Å². The normalized spacial score (nSPS) is 10.1. The number of rotatable bonds is 3. The molecule has 0 saturated heterocycles. The third-order valence-corrected chi connectivity index (χ3v) is 3.42. The van der Waals surface area contributed by atoms with E-state index in [1.54, 1.807) is 0 Å². The minimum absolute atomic E-state index is 0.00266. The number of halogens is 3. The fraction of sp³-hybridized carbons (Fsp3) is 0.300. The predicted octanol–water partition coefficient (Wildman–Crippen LogP) is 4.24. The zero-order valence-electron chi connectivity index (χ0n) is 8.11. The molecule has 82 valence electrons. The second kappa shape index (κ2) is 6.01. The Bertz CT molecular complexity index is 356. The van der Waals surface area contributed by atoms with E-state index in [4.69, 9.17) is 0 Å². The van der Waals surface area contributed by atoms with Crippen LogP contribution in [0.4, 0.5) is 5.69 Å². The summed E-state index contributed by atoms with van der Waals surface area (Å²) in [5.41, 5.74) is 1.92. The van der Waals surface area contributed by atoms with Crippen LogP contribution in [0.1, 0.15) is 12.0 Å². The molecular formula is C10H10Br3NO. The van der Waals surface area contributed by atoms with Crippen molar-refractivity contribution in [2.75, 3.05) is 10.6 Å². The molecule has 0 spiro atoms. The second-order valence-corrected chi connectivity index (χ2v) is 5.59. The fourth-order valence-corrected chi connectivity index (χ4v) is 3.08. The molecular weight excluding hydrogens is 390 g/mol. The number of aryl methyl sites for hydroxylation is 1. The Hall–Kier alpha value is 0.130. The van der Waals surface area contributed by atoms with E-state index in [1.165, 1.54) is 0 Å². The number of hydrogen-bond donors (Lipinski definition) is 1.